The normalized spacial score (nSPS) is 12.5. The Morgan fingerprint density at radius 2 is 2.00 bits per heavy atom. The van der Waals surface area contributed by atoms with Crippen molar-refractivity contribution < 1.29 is 27.9 Å². The van der Waals surface area contributed by atoms with E-state index < -0.39 is 27.9 Å². The van der Waals surface area contributed by atoms with Crippen molar-refractivity contribution in [3.8, 4) is 5.75 Å². The molecule has 3 N–H and O–H groups in total. The Bertz CT molecular complexity index is 671. The highest BCUT2D eigenvalue weighted by molar-refractivity contribution is 7.89. The fraction of sp³-hybridized carbons (Fsp3) is 0.385. The lowest BCUT2D eigenvalue weighted by molar-refractivity contribution is -0.137. The largest absolute Gasteiger partial charge is 0.495 e. The van der Waals surface area contributed by atoms with Crippen molar-refractivity contribution in [1.82, 2.24) is 10.0 Å². The molecule has 1 aromatic rings. The Morgan fingerprint density at radius 1 is 1.36 bits per heavy atom. The Balaban J connectivity index is 3.09. The molecule has 0 fully saturated rings. The third-order valence-corrected chi connectivity index (χ3v) is 4.28. The maximum absolute atomic E-state index is 12.0. The van der Waals surface area contributed by atoms with Crippen molar-refractivity contribution >= 4 is 21.9 Å². The van der Waals surface area contributed by atoms with Gasteiger partial charge in [0.15, 0.2) is 0 Å². The lowest BCUT2D eigenvalue weighted by atomic mass is 10.1. The van der Waals surface area contributed by atoms with Crippen LogP contribution in [0.3, 0.4) is 0 Å². The molecular formula is C13H18N2O6S. The Morgan fingerprint density at radius 3 is 2.50 bits per heavy atom. The third kappa shape index (κ3) is 4.43. The van der Waals surface area contributed by atoms with Crippen LogP contribution >= 0.6 is 0 Å². The monoisotopic (exact) mass is 330 g/mol. The smallest absolute Gasteiger partial charge is 0.305 e. The summed E-state index contributed by atoms with van der Waals surface area (Å²) in [6.07, 6.45) is -0.233. The topological polar surface area (TPSA) is 122 Å². The van der Waals surface area contributed by atoms with Crippen LogP contribution < -0.4 is 14.8 Å². The zero-order chi connectivity index (χ0) is 16.9. The molecule has 1 atom stereocenters. The van der Waals surface area contributed by atoms with Gasteiger partial charge in [-0.05, 0) is 32.2 Å². The molecule has 0 spiro atoms. The Kier molecular flexibility index (Phi) is 5.89. The van der Waals surface area contributed by atoms with Crippen molar-refractivity contribution in [2.75, 3.05) is 14.2 Å². The molecule has 0 heterocycles. The number of nitrogens with one attached hydrogen (secondary N) is 2. The minimum absolute atomic E-state index is 0.0897. The molecule has 1 aromatic carbocycles. The number of methoxy groups -OCH3 is 1. The van der Waals surface area contributed by atoms with Crippen LogP contribution in [0.5, 0.6) is 5.75 Å². The number of carbonyl (C=O) groups excluding carboxylic acids is 1. The van der Waals surface area contributed by atoms with E-state index in [0.717, 1.165) is 0 Å². The van der Waals surface area contributed by atoms with E-state index in [1.807, 2.05) is 0 Å². The molecule has 9 heteroatoms. The first-order valence-electron chi connectivity index (χ1n) is 6.35. The lowest BCUT2D eigenvalue weighted by Crippen LogP contribution is -2.34. The summed E-state index contributed by atoms with van der Waals surface area (Å²) in [5.41, 5.74) is 0.0897. The van der Waals surface area contributed by atoms with Crippen LogP contribution in [0.1, 0.15) is 23.7 Å². The number of amides is 1. The van der Waals surface area contributed by atoms with E-state index in [9.17, 15) is 18.0 Å². The number of carbonyl (C=O) groups is 2. The summed E-state index contributed by atoms with van der Waals surface area (Å²) in [6.45, 7) is 1.54. The van der Waals surface area contributed by atoms with Gasteiger partial charge in [0.25, 0.3) is 5.91 Å². The fourth-order valence-corrected chi connectivity index (χ4v) is 2.68. The molecule has 0 aliphatic rings. The van der Waals surface area contributed by atoms with Gasteiger partial charge in [0.1, 0.15) is 10.6 Å². The molecule has 0 radical (unpaired) electrons. The van der Waals surface area contributed by atoms with Crippen LogP contribution in [-0.4, -0.2) is 45.6 Å². The first kappa shape index (κ1) is 17.9. The maximum Gasteiger partial charge on any atom is 0.305 e. The second kappa shape index (κ2) is 7.23. The van der Waals surface area contributed by atoms with Crippen molar-refractivity contribution in [3.05, 3.63) is 23.8 Å². The molecule has 0 saturated carbocycles. The van der Waals surface area contributed by atoms with Crippen LogP contribution in [0.25, 0.3) is 0 Å². The number of benzene rings is 1. The fourth-order valence-electron chi connectivity index (χ4n) is 1.76. The zero-order valence-corrected chi connectivity index (χ0v) is 13.2. The van der Waals surface area contributed by atoms with Gasteiger partial charge < -0.3 is 15.2 Å². The molecule has 22 heavy (non-hydrogen) atoms. The van der Waals surface area contributed by atoms with Crippen LogP contribution in [0.15, 0.2) is 23.1 Å². The number of hydrogen-bond acceptors (Lipinski definition) is 5. The lowest BCUT2D eigenvalue weighted by Gasteiger charge is -2.13. The average Bonchev–Trinajstić information content (AvgIpc) is 2.45. The number of hydrogen-bond donors (Lipinski definition) is 3. The van der Waals surface area contributed by atoms with Gasteiger partial charge in [-0.25, -0.2) is 13.1 Å². The van der Waals surface area contributed by atoms with Gasteiger partial charge >= 0.3 is 5.97 Å². The van der Waals surface area contributed by atoms with Crippen LogP contribution in [-0.2, 0) is 14.8 Å². The molecule has 0 aliphatic heterocycles. The van der Waals surface area contributed by atoms with Gasteiger partial charge in [-0.1, -0.05) is 0 Å². The highest BCUT2D eigenvalue weighted by atomic mass is 32.2. The number of carboxylic acids is 1. The average molecular weight is 330 g/mol. The van der Waals surface area contributed by atoms with Gasteiger partial charge in [-0.15, -0.1) is 0 Å². The molecule has 0 aromatic heterocycles. The summed E-state index contributed by atoms with van der Waals surface area (Å²) in [5, 5.41) is 11.1. The van der Waals surface area contributed by atoms with E-state index in [4.69, 9.17) is 9.84 Å². The van der Waals surface area contributed by atoms with Crippen molar-refractivity contribution in [2.45, 2.75) is 24.3 Å². The molecule has 1 amide bonds. The highest BCUT2D eigenvalue weighted by Crippen LogP contribution is 2.24. The molecule has 1 rings (SSSR count). The van der Waals surface area contributed by atoms with Crippen LogP contribution in [0, 0.1) is 0 Å². The molecule has 122 valence electrons. The van der Waals surface area contributed by atoms with E-state index in [2.05, 4.69) is 10.0 Å². The summed E-state index contributed by atoms with van der Waals surface area (Å²) < 4.78 is 31.0. The van der Waals surface area contributed by atoms with Crippen LogP contribution in [0.4, 0.5) is 0 Å². The quantitative estimate of drug-likeness (QED) is 0.656. The first-order chi connectivity index (χ1) is 10.2. The van der Waals surface area contributed by atoms with Gasteiger partial charge in [-0.2, -0.15) is 0 Å². The second-order valence-corrected chi connectivity index (χ2v) is 6.40. The SMILES string of the molecule is CNS(=O)(=O)c1cc(C(=O)NC(C)CC(=O)O)ccc1OC. The first-order valence-corrected chi connectivity index (χ1v) is 7.83. The summed E-state index contributed by atoms with van der Waals surface area (Å²) in [4.78, 5) is 22.5. The molecule has 0 saturated heterocycles. The van der Waals surface area contributed by atoms with Crippen molar-refractivity contribution in [2.24, 2.45) is 0 Å². The van der Waals surface area contributed by atoms with Crippen molar-refractivity contribution in [3.63, 3.8) is 0 Å². The second-order valence-electron chi connectivity index (χ2n) is 4.55. The summed E-state index contributed by atoms with van der Waals surface area (Å²) in [5.74, 6) is -1.51. The van der Waals surface area contributed by atoms with Gasteiger partial charge in [0.2, 0.25) is 10.0 Å². The van der Waals surface area contributed by atoms with E-state index in [0.29, 0.717) is 0 Å². The molecule has 0 aliphatic carbocycles. The van der Waals surface area contributed by atoms with E-state index in [-0.39, 0.29) is 22.6 Å². The van der Waals surface area contributed by atoms with E-state index in [1.54, 1.807) is 6.92 Å². The van der Waals surface area contributed by atoms with Crippen LogP contribution in [0.2, 0.25) is 0 Å². The number of aliphatic carboxylic acids is 1. The highest BCUT2D eigenvalue weighted by Gasteiger charge is 2.21. The number of rotatable bonds is 7. The minimum atomic E-state index is -3.79. The Labute approximate surface area is 128 Å². The van der Waals surface area contributed by atoms with E-state index >= 15 is 0 Å². The third-order valence-electron chi connectivity index (χ3n) is 2.84. The standard InChI is InChI=1S/C13H18N2O6S/c1-8(6-12(16)17)15-13(18)9-4-5-10(21-3)11(7-9)22(19,20)14-2/h4-5,7-8,14H,6H2,1-3H3,(H,15,18)(H,16,17). The summed E-state index contributed by atoms with van der Waals surface area (Å²) >= 11 is 0. The van der Waals surface area contributed by atoms with Gasteiger partial charge in [0, 0.05) is 11.6 Å². The number of ether oxygens (including phenoxy) is 1. The Hall–Kier alpha value is -2.13. The predicted octanol–water partition coefficient (Wildman–Crippen LogP) is 0.196. The molecule has 1 unspecified atom stereocenters. The number of sulfonamides is 1. The summed E-state index contributed by atoms with van der Waals surface area (Å²) in [6, 6.07) is 3.35. The van der Waals surface area contributed by atoms with Crippen molar-refractivity contribution in [1.29, 1.82) is 0 Å². The predicted molar refractivity (Wildman–Crippen MR) is 78.4 cm³/mol. The molecule has 0 bridgehead atoms. The molecule has 8 nitrogen and oxygen atoms in total. The van der Waals surface area contributed by atoms with Gasteiger partial charge in [-0.3, -0.25) is 9.59 Å². The van der Waals surface area contributed by atoms with E-state index in [1.165, 1.54) is 32.4 Å². The summed E-state index contributed by atoms with van der Waals surface area (Å²) in [7, 11) is -1.23. The van der Waals surface area contributed by atoms with Gasteiger partial charge in [0.05, 0.1) is 13.5 Å². The zero-order valence-electron chi connectivity index (χ0n) is 12.4. The number of carboxylic acid groups (broad SMARTS) is 1. The maximum atomic E-state index is 12.0. The minimum Gasteiger partial charge on any atom is -0.495 e. The molecular weight excluding hydrogens is 312 g/mol.